The largest absolute Gasteiger partial charge is 0.339 e. The van der Waals surface area contributed by atoms with Crippen LogP contribution in [0.5, 0.6) is 0 Å². The number of hydrogen-bond acceptors (Lipinski definition) is 4. The van der Waals surface area contributed by atoms with Crippen LogP contribution in [0.3, 0.4) is 0 Å². The van der Waals surface area contributed by atoms with Crippen molar-refractivity contribution in [2.75, 3.05) is 6.54 Å². The fraction of sp³-hybridized carbons (Fsp3) is 0.474. The van der Waals surface area contributed by atoms with Crippen LogP contribution in [0, 0.1) is 6.92 Å². The number of hydrogen-bond donors (Lipinski definition) is 1. The Morgan fingerprint density at radius 2 is 2.24 bits per heavy atom. The third-order valence-electron chi connectivity index (χ3n) is 4.90. The van der Waals surface area contributed by atoms with Crippen molar-refractivity contribution in [3.8, 4) is 11.4 Å². The molecular formula is C19H24N4O2. The number of rotatable bonds is 4. The van der Waals surface area contributed by atoms with Gasteiger partial charge in [-0.2, -0.15) is 0 Å². The second-order valence-electron chi connectivity index (χ2n) is 6.54. The van der Waals surface area contributed by atoms with Gasteiger partial charge in [0.1, 0.15) is 5.82 Å². The van der Waals surface area contributed by atoms with Gasteiger partial charge in [0.25, 0.3) is 5.56 Å². The molecule has 1 atom stereocenters. The Bertz CT molecular complexity index is 801. The van der Waals surface area contributed by atoms with E-state index >= 15 is 0 Å². The Morgan fingerprint density at radius 3 is 2.92 bits per heavy atom. The Morgan fingerprint density at radius 1 is 1.40 bits per heavy atom. The summed E-state index contributed by atoms with van der Waals surface area (Å²) in [6, 6.07) is 3.93. The molecule has 0 aliphatic carbocycles. The minimum absolute atomic E-state index is 0.0241. The van der Waals surface area contributed by atoms with Crippen LogP contribution in [0.2, 0.25) is 0 Å². The first-order valence-corrected chi connectivity index (χ1v) is 8.89. The van der Waals surface area contributed by atoms with Crippen molar-refractivity contribution in [2.45, 2.75) is 52.0 Å². The summed E-state index contributed by atoms with van der Waals surface area (Å²) in [7, 11) is 0. The number of nitrogens with zero attached hydrogens (tertiary/aromatic N) is 3. The van der Waals surface area contributed by atoms with Gasteiger partial charge in [-0.05, 0) is 44.7 Å². The lowest BCUT2D eigenvalue weighted by atomic mass is 9.99. The normalized spacial score (nSPS) is 17.5. The van der Waals surface area contributed by atoms with Crippen LogP contribution < -0.4 is 5.56 Å². The Hall–Kier alpha value is -2.50. The fourth-order valence-electron chi connectivity index (χ4n) is 3.46. The first-order valence-electron chi connectivity index (χ1n) is 8.89. The highest BCUT2D eigenvalue weighted by molar-refractivity contribution is 5.79. The number of piperidine rings is 1. The molecule has 1 N–H and O–H groups in total. The van der Waals surface area contributed by atoms with Gasteiger partial charge in [0.15, 0.2) is 0 Å². The SMILES string of the molecule is CC[C@@H]1CCCCN1C(=O)Cc1c(C)nc(-c2cccnc2)[nH]c1=O. The van der Waals surface area contributed by atoms with E-state index in [1.165, 1.54) is 6.42 Å². The molecule has 1 aliphatic heterocycles. The second kappa shape index (κ2) is 7.59. The van der Waals surface area contributed by atoms with Crippen LogP contribution in [-0.4, -0.2) is 38.3 Å². The highest BCUT2D eigenvalue weighted by Crippen LogP contribution is 2.21. The minimum atomic E-state index is -0.246. The summed E-state index contributed by atoms with van der Waals surface area (Å²) in [5.74, 6) is 0.507. The monoisotopic (exact) mass is 340 g/mol. The number of aromatic nitrogens is 3. The van der Waals surface area contributed by atoms with Gasteiger partial charge in [-0.25, -0.2) is 4.98 Å². The Kier molecular flexibility index (Phi) is 5.26. The van der Waals surface area contributed by atoms with Crippen LogP contribution in [0.25, 0.3) is 11.4 Å². The van der Waals surface area contributed by atoms with E-state index in [1.54, 1.807) is 25.4 Å². The lowest BCUT2D eigenvalue weighted by molar-refractivity contribution is -0.134. The van der Waals surface area contributed by atoms with Gasteiger partial charge in [-0.1, -0.05) is 6.92 Å². The zero-order chi connectivity index (χ0) is 17.8. The molecule has 1 saturated heterocycles. The van der Waals surface area contributed by atoms with E-state index in [4.69, 9.17) is 0 Å². The molecule has 25 heavy (non-hydrogen) atoms. The number of likely N-dealkylation sites (tertiary alicyclic amines) is 1. The molecule has 1 fully saturated rings. The molecule has 132 valence electrons. The van der Waals surface area contributed by atoms with E-state index in [9.17, 15) is 9.59 Å². The molecule has 0 unspecified atom stereocenters. The lowest BCUT2D eigenvalue weighted by Gasteiger charge is -2.35. The summed E-state index contributed by atoms with van der Waals surface area (Å²) in [5.41, 5.74) is 1.56. The molecule has 0 aromatic carbocycles. The summed E-state index contributed by atoms with van der Waals surface area (Å²) in [4.78, 5) is 38.5. The summed E-state index contributed by atoms with van der Waals surface area (Å²) < 4.78 is 0. The maximum Gasteiger partial charge on any atom is 0.255 e. The lowest BCUT2D eigenvalue weighted by Crippen LogP contribution is -2.44. The third-order valence-corrected chi connectivity index (χ3v) is 4.90. The van der Waals surface area contributed by atoms with Crippen LogP contribution in [0.1, 0.15) is 43.9 Å². The first-order chi connectivity index (χ1) is 12.1. The van der Waals surface area contributed by atoms with Crippen molar-refractivity contribution in [1.29, 1.82) is 0 Å². The maximum absolute atomic E-state index is 12.7. The van der Waals surface area contributed by atoms with E-state index < -0.39 is 0 Å². The van der Waals surface area contributed by atoms with Crippen LogP contribution in [0.4, 0.5) is 0 Å². The maximum atomic E-state index is 12.7. The van der Waals surface area contributed by atoms with Gasteiger partial charge in [-0.15, -0.1) is 0 Å². The van der Waals surface area contributed by atoms with Crippen molar-refractivity contribution in [3.05, 3.63) is 46.1 Å². The Balaban J connectivity index is 1.83. The second-order valence-corrected chi connectivity index (χ2v) is 6.54. The van der Waals surface area contributed by atoms with Crippen molar-refractivity contribution < 1.29 is 4.79 Å². The number of pyridine rings is 1. The first kappa shape index (κ1) is 17.3. The van der Waals surface area contributed by atoms with Crippen LogP contribution >= 0.6 is 0 Å². The zero-order valence-electron chi connectivity index (χ0n) is 14.8. The van der Waals surface area contributed by atoms with Gasteiger partial charge in [0.05, 0.1) is 6.42 Å². The van der Waals surface area contributed by atoms with Crippen LogP contribution in [0.15, 0.2) is 29.3 Å². The molecule has 1 amide bonds. The molecule has 0 spiro atoms. The van der Waals surface area contributed by atoms with Gasteiger partial charge in [-0.3, -0.25) is 14.6 Å². The van der Waals surface area contributed by atoms with Crippen molar-refractivity contribution in [2.24, 2.45) is 0 Å². The minimum Gasteiger partial charge on any atom is -0.339 e. The quantitative estimate of drug-likeness (QED) is 0.927. The number of carbonyl (C=O) groups excluding carboxylic acids is 1. The van der Waals surface area contributed by atoms with E-state index in [1.807, 2.05) is 11.0 Å². The number of H-pyrrole nitrogens is 1. The van der Waals surface area contributed by atoms with E-state index in [-0.39, 0.29) is 17.9 Å². The zero-order valence-corrected chi connectivity index (χ0v) is 14.8. The summed E-state index contributed by atoms with van der Waals surface area (Å²) in [6.45, 7) is 4.68. The fourth-order valence-corrected chi connectivity index (χ4v) is 3.46. The molecular weight excluding hydrogens is 316 g/mol. The topological polar surface area (TPSA) is 79.0 Å². The van der Waals surface area contributed by atoms with Gasteiger partial charge in [0.2, 0.25) is 5.91 Å². The number of aromatic amines is 1. The molecule has 6 heteroatoms. The smallest absolute Gasteiger partial charge is 0.255 e. The molecule has 0 radical (unpaired) electrons. The van der Waals surface area contributed by atoms with Crippen molar-refractivity contribution in [1.82, 2.24) is 19.9 Å². The average molecular weight is 340 g/mol. The third kappa shape index (κ3) is 3.78. The van der Waals surface area contributed by atoms with Gasteiger partial charge >= 0.3 is 0 Å². The molecule has 2 aromatic heterocycles. The van der Waals surface area contributed by atoms with Gasteiger partial charge in [0, 0.05) is 41.8 Å². The number of aryl methyl sites for hydroxylation is 1. The predicted molar refractivity (Wildman–Crippen MR) is 96.2 cm³/mol. The molecule has 6 nitrogen and oxygen atoms in total. The summed E-state index contributed by atoms with van der Waals surface area (Å²) in [5, 5.41) is 0. The molecule has 3 heterocycles. The highest BCUT2D eigenvalue weighted by atomic mass is 16.2. The predicted octanol–water partition coefficient (Wildman–Crippen LogP) is 2.47. The van der Waals surface area contributed by atoms with Crippen molar-refractivity contribution >= 4 is 5.91 Å². The molecule has 0 bridgehead atoms. The standard InChI is InChI=1S/C19H24N4O2/c1-3-15-8-4-5-10-23(15)17(24)11-16-13(2)21-18(22-19(16)25)14-7-6-9-20-12-14/h6-7,9,12,15H,3-5,8,10-11H2,1-2H3,(H,21,22,25)/t15-/m1/s1. The number of carbonyl (C=O) groups is 1. The number of amides is 1. The number of nitrogens with one attached hydrogen (secondary N) is 1. The van der Waals surface area contributed by atoms with E-state index in [0.29, 0.717) is 23.1 Å². The molecule has 0 saturated carbocycles. The summed E-state index contributed by atoms with van der Waals surface area (Å²) in [6.07, 6.45) is 7.65. The molecule has 3 rings (SSSR count). The summed E-state index contributed by atoms with van der Waals surface area (Å²) >= 11 is 0. The Labute approximate surface area is 147 Å². The molecule has 1 aliphatic rings. The van der Waals surface area contributed by atoms with Crippen LogP contribution in [-0.2, 0) is 11.2 Å². The van der Waals surface area contributed by atoms with Crippen molar-refractivity contribution in [3.63, 3.8) is 0 Å². The average Bonchev–Trinajstić information content (AvgIpc) is 2.65. The molecule has 2 aromatic rings. The highest BCUT2D eigenvalue weighted by Gasteiger charge is 2.26. The van der Waals surface area contributed by atoms with Gasteiger partial charge < -0.3 is 9.88 Å². The van der Waals surface area contributed by atoms with E-state index in [0.717, 1.165) is 31.4 Å². The van der Waals surface area contributed by atoms with E-state index in [2.05, 4.69) is 21.9 Å².